The molecule has 1 heterocycles. The van der Waals surface area contributed by atoms with Gasteiger partial charge < -0.3 is 10.1 Å². The largest absolute Gasteiger partial charge is 0.497 e. The van der Waals surface area contributed by atoms with Crippen molar-refractivity contribution >= 4 is 27.5 Å². The highest BCUT2D eigenvalue weighted by Gasteiger charge is 2.28. The van der Waals surface area contributed by atoms with Gasteiger partial charge in [0, 0.05) is 18.7 Å². The highest BCUT2D eigenvalue weighted by molar-refractivity contribution is 7.89. The molecule has 0 radical (unpaired) electrons. The quantitative estimate of drug-likeness (QED) is 0.638. The average Bonchev–Trinajstić information content (AvgIpc) is 3.08. The van der Waals surface area contributed by atoms with Crippen LogP contribution in [-0.2, 0) is 10.0 Å². The zero-order valence-corrected chi connectivity index (χ0v) is 19.5. The summed E-state index contributed by atoms with van der Waals surface area (Å²) in [5, 5.41) is 3.12. The molecule has 1 N–H and O–H groups in total. The first-order valence-corrected chi connectivity index (χ1v) is 12.4. The van der Waals surface area contributed by atoms with E-state index in [2.05, 4.69) is 5.32 Å². The molecule has 0 spiro atoms. The van der Waals surface area contributed by atoms with Crippen molar-refractivity contribution in [2.75, 3.05) is 20.2 Å². The summed E-state index contributed by atoms with van der Waals surface area (Å²) in [5.41, 5.74) is 1.22. The van der Waals surface area contributed by atoms with E-state index in [4.69, 9.17) is 16.3 Å². The number of nitrogens with zero attached hydrogens (tertiary/aromatic N) is 1. The van der Waals surface area contributed by atoms with Crippen molar-refractivity contribution in [3.63, 3.8) is 0 Å². The molecule has 0 saturated carbocycles. The summed E-state index contributed by atoms with van der Waals surface area (Å²) in [6.07, 6.45) is 4.39. The Bertz CT molecular complexity index is 1000. The summed E-state index contributed by atoms with van der Waals surface area (Å²) in [7, 11) is -2.16. The van der Waals surface area contributed by atoms with Gasteiger partial charge in [-0.3, -0.25) is 4.79 Å². The molecule has 3 rings (SSSR count). The molecule has 31 heavy (non-hydrogen) atoms. The standard InChI is InChI=1S/C23H29ClN2O4S/c1-3-21(17-8-11-19(30-2)12-9-17)25-23(27)18-10-13-20(24)22(16-18)31(28,29)26-14-6-4-5-7-15-26/h8-13,16,21H,3-7,14-15H2,1-2H3,(H,25,27)/t21-/m1/s1. The van der Waals surface area contributed by atoms with Crippen molar-refractivity contribution in [1.29, 1.82) is 0 Å². The maximum Gasteiger partial charge on any atom is 0.251 e. The van der Waals surface area contributed by atoms with Gasteiger partial charge >= 0.3 is 0 Å². The number of carbonyl (C=O) groups excluding carboxylic acids is 1. The van der Waals surface area contributed by atoms with Crippen LogP contribution in [0.15, 0.2) is 47.4 Å². The molecule has 2 aromatic carbocycles. The van der Waals surface area contributed by atoms with E-state index >= 15 is 0 Å². The summed E-state index contributed by atoms with van der Waals surface area (Å²) in [6, 6.07) is 11.7. The molecule has 0 unspecified atom stereocenters. The number of ether oxygens (including phenoxy) is 1. The number of hydrogen-bond acceptors (Lipinski definition) is 4. The van der Waals surface area contributed by atoms with E-state index in [-0.39, 0.29) is 27.4 Å². The molecular formula is C23H29ClN2O4S. The molecule has 1 aliphatic heterocycles. The predicted octanol–water partition coefficient (Wildman–Crippen LogP) is 4.79. The van der Waals surface area contributed by atoms with Crippen molar-refractivity contribution < 1.29 is 17.9 Å². The molecule has 1 aliphatic rings. The van der Waals surface area contributed by atoms with Crippen LogP contribution in [0, 0.1) is 0 Å². The summed E-state index contributed by atoms with van der Waals surface area (Å²) >= 11 is 6.25. The van der Waals surface area contributed by atoms with Crippen molar-refractivity contribution in [3.05, 3.63) is 58.6 Å². The van der Waals surface area contributed by atoms with E-state index < -0.39 is 10.0 Å². The number of carbonyl (C=O) groups is 1. The maximum absolute atomic E-state index is 13.2. The van der Waals surface area contributed by atoms with Gasteiger partial charge in [0.15, 0.2) is 0 Å². The second-order valence-corrected chi connectivity index (χ2v) is 9.98. The number of amides is 1. The Kier molecular flexibility index (Phi) is 7.97. The van der Waals surface area contributed by atoms with Crippen LogP contribution in [0.4, 0.5) is 0 Å². The smallest absolute Gasteiger partial charge is 0.251 e. The van der Waals surface area contributed by atoms with Crippen LogP contribution in [0.2, 0.25) is 5.02 Å². The first-order chi connectivity index (χ1) is 14.9. The van der Waals surface area contributed by atoms with Crippen LogP contribution >= 0.6 is 11.6 Å². The molecule has 0 bridgehead atoms. The molecule has 1 saturated heterocycles. The molecule has 0 aromatic heterocycles. The van der Waals surface area contributed by atoms with Crippen LogP contribution in [0.1, 0.15) is 61.0 Å². The number of sulfonamides is 1. The third kappa shape index (κ3) is 5.59. The topological polar surface area (TPSA) is 75.7 Å². The zero-order valence-electron chi connectivity index (χ0n) is 17.9. The van der Waals surface area contributed by atoms with Gasteiger partial charge in [0.2, 0.25) is 10.0 Å². The fourth-order valence-corrected chi connectivity index (χ4v) is 5.78. The fraction of sp³-hybridized carbons (Fsp3) is 0.435. The lowest BCUT2D eigenvalue weighted by molar-refractivity contribution is 0.0935. The number of halogens is 1. The minimum atomic E-state index is -3.76. The Morgan fingerprint density at radius 3 is 2.32 bits per heavy atom. The minimum Gasteiger partial charge on any atom is -0.497 e. The Labute approximate surface area is 189 Å². The van der Waals surface area contributed by atoms with E-state index in [1.807, 2.05) is 31.2 Å². The molecule has 6 nitrogen and oxygen atoms in total. The van der Waals surface area contributed by atoms with E-state index in [1.165, 1.54) is 16.4 Å². The van der Waals surface area contributed by atoms with Gasteiger partial charge in [0.05, 0.1) is 18.2 Å². The summed E-state index contributed by atoms with van der Waals surface area (Å²) in [4.78, 5) is 12.9. The Morgan fingerprint density at radius 1 is 1.10 bits per heavy atom. The normalized spacial score (nSPS) is 16.4. The number of methoxy groups -OCH3 is 1. The molecule has 8 heteroatoms. The van der Waals surface area contributed by atoms with Gasteiger partial charge in [-0.1, -0.05) is 43.5 Å². The summed E-state index contributed by atoms with van der Waals surface area (Å²) in [5.74, 6) is 0.401. The van der Waals surface area contributed by atoms with Crippen molar-refractivity contribution in [1.82, 2.24) is 9.62 Å². The van der Waals surface area contributed by atoms with E-state index in [1.54, 1.807) is 13.2 Å². The molecular weight excluding hydrogens is 436 g/mol. The van der Waals surface area contributed by atoms with E-state index in [0.717, 1.165) is 37.0 Å². The van der Waals surface area contributed by atoms with E-state index in [9.17, 15) is 13.2 Å². The molecule has 0 aliphatic carbocycles. The summed E-state index contributed by atoms with van der Waals surface area (Å²) < 4.78 is 33.1. The highest BCUT2D eigenvalue weighted by Crippen LogP contribution is 2.28. The van der Waals surface area contributed by atoms with E-state index in [0.29, 0.717) is 19.5 Å². The first kappa shape index (κ1) is 23.6. The monoisotopic (exact) mass is 464 g/mol. The highest BCUT2D eigenvalue weighted by atomic mass is 35.5. The average molecular weight is 465 g/mol. The molecule has 1 fully saturated rings. The van der Waals surface area contributed by atoms with Crippen molar-refractivity contribution in [3.8, 4) is 5.75 Å². The fourth-order valence-electron chi connectivity index (χ4n) is 3.76. The number of hydrogen-bond donors (Lipinski definition) is 1. The third-order valence-electron chi connectivity index (χ3n) is 5.61. The van der Waals surface area contributed by atoms with Crippen LogP contribution in [0.3, 0.4) is 0 Å². The van der Waals surface area contributed by atoms with Gasteiger partial charge in [-0.25, -0.2) is 8.42 Å². The Hall–Kier alpha value is -2.09. The van der Waals surface area contributed by atoms with Gasteiger partial charge in [-0.2, -0.15) is 4.31 Å². The lowest BCUT2D eigenvalue weighted by Gasteiger charge is -2.21. The van der Waals surface area contributed by atoms with Crippen LogP contribution in [-0.4, -0.2) is 38.8 Å². The van der Waals surface area contributed by atoms with Crippen LogP contribution in [0.5, 0.6) is 5.75 Å². The Balaban J connectivity index is 1.83. The second-order valence-electron chi connectivity index (χ2n) is 7.67. The van der Waals surface area contributed by atoms with Crippen molar-refractivity contribution in [2.45, 2.75) is 50.0 Å². The predicted molar refractivity (Wildman–Crippen MR) is 122 cm³/mol. The number of benzene rings is 2. The van der Waals surface area contributed by atoms with Gasteiger partial charge in [0.25, 0.3) is 5.91 Å². The van der Waals surface area contributed by atoms with Crippen LogP contribution in [0.25, 0.3) is 0 Å². The third-order valence-corrected chi connectivity index (χ3v) is 7.99. The lowest BCUT2D eigenvalue weighted by Crippen LogP contribution is -2.32. The minimum absolute atomic E-state index is 0.0128. The summed E-state index contributed by atoms with van der Waals surface area (Å²) in [6.45, 7) is 2.93. The second kappa shape index (κ2) is 10.5. The SMILES string of the molecule is CC[C@@H](NC(=O)c1ccc(Cl)c(S(=O)(=O)N2CCCCCC2)c1)c1ccc(OC)cc1. The molecule has 168 valence electrons. The van der Waals surface area contributed by atoms with Crippen LogP contribution < -0.4 is 10.1 Å². The maximum atomic E-state index is 13.2. The Morgan fingerprint density at radius 2 is 1.74 bits per heavy atom. The molecule has 1 amide bonds. The van der Waals surface area contributed by atoms with Gasteiger partial charge in [0.1, 0.15) is 10.6 Å². The lowest BCUT2D eigenvalue weighted by atomic mass is 10.0. The molecule has 1 atom stereocenters. The van der Waals surface area contributed by atoms with Gasteiger partial charge in [-0.15, -0.1) is 0 Å². The van der Waals surface area contributed by atoms with Crippen molar-refractivity contribution in [2.24, 2.45) is 0 Å². The first-order valence-electron chi connectivity index (χ1n) is 10.6. The number of rotatable bonds is 7. The zero-order chi connectivity index (χ0) is 22.4. The van der Waals surface area contributed by atoms with Gasteiger partial charge in [-0.05, 0) is 55.2 Å². The molecule has 2 aromatic rings. The number of nitrogens with one attached hydrogen (secondary N) is 1.